The van der Waals surface area contributed by atoms with Crippen LogP contribution in [0.4, 0.5) is 4.79 Å². The number of nitrogens with zero attached hydrogens (tertiary/aromatic N) is 1. The van der Waals surface area contributed by atoms with Gasteiger partial charge in [0.2, 0.25) is 0 Å². The lowest BCUT2D eigenvalue weighted by Gasteiger charge is -2.22. The molecule has 0 spiro atoms. The molecule has 1 N–H and O–H groups in total. The minimum Gasteiger partial charge on any atom is -0.480 e. The SMILES string of the molecule is COC(=O)N1CC2CCCC2C1C(=O)O. The monoisotopic (exact) mass is 213 g/mol. The molecule has 3 atom stereocenters. The highest BCUT2D eigenvalue weighted by atomic mass is 16.5. The van der Waals surface area contributed by atoms with E-state index in [1.54, 1.807) is 0 Å². The van der Waals surface area contributed by atoms with Crippen LogP contribution in [0.5, 0.6) is 0 Å². The number of amides is 1. The predicted octanol–water partition coefficient (Wildman–Crippen LogP) is 0.938. The number of carbonyl (C=O) groups excluding carboxylic acids is 1. The van der Waals surface area contributed by atoms with Gasteiger partial charge in [-0.05, 0) is 24.7 Å². The molecule has 1 heterocycles. The lowest BCUT2D eigenvalue weighted by molar-refractivity contribution is -0.143. The van der Waals surface area contributed by atoms with Gasteiger partial charge in [-0.15, -0.1) is 0 Å². The fraction of sp³-hybridized carbons (Fsp3) is 0.800. The molecule has 3 unspecified atom stereocenters. The molecule has 2 rings (SSSR count). The zero-order chi connectivity index (χ0) is 11.0. The molecule has 1 amide bonds. The number of hydrogen-bond acceptors (Lipinski definition) is 3. The highest BCUT2D eigenvalue weighted by molar-refractivity contribution is 5.81. The molecule has 0 aromatic carbocycles. The number of aliphatic carboxylic acids is 1. The molecule has 1 saturated heterocycles. The molecule has 5 heteroatoms. The summed E-state index contributed by atoms with van der Waals surface area (Å²) in [6, 6.07) is -0.676. The van der Waals surface area contributed by atoms with Crippen molar-refractivity contribution in [1.82, 2.24) is 4.90 Å². The van der Waals surface area contributed by atoms with E-state index in [9.17, 15) is 9.59 Å². The number of ether oxygens (including phenoxy) is 1. The number of hydrogen-bond donors (Lipinski definition) is 1. The molecule has 2 aliphatic rings. The van der Waals surface area contributed by atoms with Gasteiger partial charge in [-0.25, -0.2) is 9.59 Å². The normalized spacial score (nSPS) is 33.9. The first-order chi connectivity index (χ1) is 7.15. The minimum absolute atomic E-state index is 0.126. The fourth-order valence-electron chi connectivity index (χ4n) is 2.93. The second kappa shape index (κ2) is 3.72. The zero-order valence-corrected chi connectivity index (χ0v) is 8.68. The fourth-order valence-corrected chi connectivity index (χ4v) is 2.93. The second-order valence-corrected chi connectivity index (χ2v) is 4.26. The first-order valence-electron chi connectivity index (χ1n) is 5.22. The molecule has 15 heavy (non-hydrogen) atoms. The summed E-state index contributed by atoms with van der Waals surface area (Å²) < 4.78 is 4.60. The van der Waals surface area contributed by atoms with Crippen molar-refractivity contribution in [2.24, 2.45) is 11.8 Å². The van der Waals surface area contributed by atoms with Crippen LogP contribution >= 0.6 is 0 Å². The third kappa shape index (κ3) is 1.56. The van der Waals surface area contributed by atoms with Crippen molar-refractivity contribution in [3.8, 4) is 0 Å². The van der Waals surface area contributed by atoms with E-state index in [-0.39, 0.29) is 5.92 Å². The van der Waals surface area contributed by atoms with E-state index in [1.807, 2.05) is 0 Å². The van der Waals surface area contributed by atoms with Crippen LogP contribution in [-0.4, -0.2) is 41.8 Å². The summed E-state index contributed by atoms with van der Waals surface area (Å²) in [7, 11) is 1.29. The third-order valence-electron chi connectivity index (χ3n) is 3.55. The van der Waals surface area contributed by atoms with Crippen molar-refractivity contribution in [3.63, 3.8) is 0 Å². The number of rotatable bonds is 1. The molecule has 0 bridgehead atoms. The molecule has 2 fully saturated rings. The summed E-state index contributed by atoms with van der Waals surface area (Å²) in [5, 5.41) is 9.13. The molecule has 0 aromatic heterocycles. The third-order valence-corrected chi connectivity index (χ3v) is 3.55. The van der Waals surface area contributed by atoms with Crippen molar-refractivity contribution in [1.29, 1.82) is 0 Å². The second-order valence-electron chi connectivity index (χ2n) is 4.26. The van der Waals surface area contributed by atoms with E-state index in [1.165, 1.54) is 12.0 Å². The Kier molecular flexibility index (Phi) is 2.54. The summed E-state index contributed by atoms with van der Waals surface area (Å²) in [5.41, 5.74) is 0. The summed E-state index contributed by atoms with van der Waals surface area (Å²) in [5.74, 6) is -0.429. The Morgan fingerprint density at radius 2 is 2.13 bits per heavy atom. The van der Waals surface area contributed by atoms with Gasteiger partial charge < -0.3 is 9.84 Å². The van der Waals surface area contributed by atoms with Crippen molar-refractivity contribution < 1.29 is 19.4 Å². The number of fused-ring (bicyclic) bond motifs is 1. The quantitative estimate of drug-likeness (QED) is 0.703. The molecule has 1 aliphatic carbocycles. The largest absolute Gasteiger partial charge is 0.480 e. The lowest BCUT2D eigenvalue weighted by atomic mass is 9.94. The van der Waals surface area contributed by atoms with Gasteiger partial charge in [0, 0.05) is 6.54 Å². The van der Waals surface area contributed by atoms with Crippen LogP contribution in [-0.2, 0) is 9.53 Å². The number of carboxylic acid groups (broad SMARTS) is 1. The van der Waals surface area contributed by atoms with Crippen molar-refractivity contribution in [2.75, 3.05) is 13.7 Å². The summed E-state index contributed by atoms with van der Waals surface area (Å²) >= 11 is 0. The number of likely N-dealkylation sites (tertiary alicyclic amines) is 1. The maximum absolute atomic E-state index is 11.4. The molecule has 84 valence electrons. The Morgan fingerprint density at radius 3 is 2.73 bits per heavy atom. The van der Waals surface area contributed by atoms with Crippen LogP contribution in [0, 0.1) is 11.8 Å². The van der Waals surface area contributed by atoms with Gasteiger partial charge in [0.25, 0.3) is 0 Å². The van der Waals surface area contributed by atoms with Gasteiger partial charge in [-0.3, -0.25) is 4.90 Å². The van der Waals surface area contributed by atoms with E-state index in [4.69, 9.17) is 5.11 Å². The van der Waals surface area contributed by atoms with E-state index in [2.05, 4.69) is 4.74 Å². The van der Waals surface area contributed by atoms with Crippen LogP contribution in [0.25, 0.3) is 0 Å². The number of carboxylic acids is 1. The molecule has 0 aromatic rings. The van der Waals surface area contributed by atoms with Crippen LogP contribution in [0.1, 0.15) is 19.3 Å². The average Bonchev–Trinajstić information content (AvgIpc) is 2.73. The Morgan fingerprint density at radius 1 is 1.40 bits per heavy atom. The van der Waals surface area contributed by atoms with Crippen molar-refractivity contribution in [2.45, 2.75) is 25.3 Å². The van der Waals surface area contributed by atoms with E-state index < -0.39 is 18.1 Å². The smallest absolute Gasteiger partial charge is 0.410 e. The highest BCUT2D eigenvalue weighted by Crippen LogP contribution is 2.42. The minimum atomic E-state index is -0.908. The maximum atomic E-state index is 11.4. The van der Waals surface area contributed by atoms with Crippen LogP contribution in [0.3, 0.4) is 0 Å². The van der Waals surface area contributed by atoms with Gasteiger partial charge in [0.1, 0.15) is 6.04 Å². The first kappa shape index (κ1) is 10.3. The Labute approximate surface area is 88.0 Å². The Balaban J connectivity index is 2.19. The van der Waals surface area contributed by atoms with Gasteiger partial charge in [-0.1, -0.05) is 6.42 Å². The zero-order valence-electron chi connectivity index (χ0n) is 8.68. The van der Waals surface area contributed by atoms with E-state index in [0.717, 1.165) is 19.3 Å². The first-order valence-corrected chi connectivity index (χ1v) is 5.22. The standard InChI is InChI=1S/C10H15NO4/c1-15-10(14)11-5-6-3-2-4-7(6)8(11)9(12)13/h6-8H,2-5H2,1H3,(H,12,13). The summed E-state index contributed by atoms with van der Waals surface area (Å²) in [6.07, 6.45) is 2.50. The topological polar surface area (TPSA) is 66.8 Å². The van der Waals surface area contributed by atoms with Gasteiger partial charge in [0.15, 0.2) is 0 Å². The van der Waals surface area contributed by atoms with Crippen molar-refractivity contribution in [3.05, 3.63) is 0 Å². The molecule has 1 aliphatic heterocycles. The molecular weight excluding hydrogens is 198 g/mol. The van der Waals surface area contributed by atoms with Crippen LogP contribution in [0.15, 0.2) is 0 Å². The lowest BCUT2D eigenvalue weighted by Crippen LogP contribution is -2.43. The van der Waals surface area contributed by atoms with E-state index in [0.29, 0.717) is 12.5 Å². The molecular formula is C10H15NO4. The summed E-state index contributed by atoms with van der Waals surface area (Å²) in [6.45, 7) is 0.536. The van der Waals surface area contributed by atoms with Gasteiger partial charge in [0.05, 0.1) is 7.11 Å². The van der Waals surface area contributed by atoms with Crippen molar-refractivity contribution >= 4 is 12.1 Å². The van der Waals surface area contributed by atoms with E-state index >= 15 is 0 Å². The van der Waals surface area contributed by atoms with Gasteiger partial charge >= 0.3 is 12.1 Å². The highest BCUT2D eigenvalue weighted by Gasteiger charge is 2.49. The Hall–Kier alpha value is -1.26. The van der Waals surface area contributed by atoms with Crippen LogP contribution < -0.4 is 0 Å². The van der Waals surface area contributed by atoms with Gasteiger partial charge in [-0.2, -0.15) is 0 Å². The summed E-state index contributed by atoms with van der Waals surface area (Å²) in [4.78, 5) is 23.9. The molecule has 5 nitrogen and oxygen atoms in total. The number of carbonyl (C=O) groups is 2. The number of methoxy groups -OCH3 is 1. The molecule has 0 radical (unpaired) electrons. The predicted molar refractivity (Wildman–Crippen MR) is 51.4 cm³/mol. The average molecular weight is 213 g/mol. The van der Waals surface area contributed by atoms with Crippen LogP contribution in [0.2, 0.25) is 0 Å². The maximum Gasteiger partial charge on any atom is 0.410 e. The Bertz CT molecular complexity index is 291. The molecule has 1 saturated carbocycles.